The fourth-order valence-corrected chi connectivity index (χ4v) is 5.29. The van der Waals surface area contributed by atoms with Gasteiger partial charge < -0.3 is 14.8 Å². The first kappa shape index (κ1) is 18.8. The molecule has 0 bridgehead atoms. The molecule has 1 aromatic rings. The van der Waals surface area contributed by atoms with E-state index in [1.54, 1.807) is 14.0 Å². The van der Waals surface area contributed by atoms with Crippen LogP contribution in [-0.4, -0.2) is 74.3 Å². The van der Waals surface area contributed by atoms with E-state index in [2.05, 4.69) is 15.2 Å². The number of ether oxygens (including phenoxy) is 2. The van der Waals surface area contributed by atoms with Crippen LogP contribution in [-0.2, 0) is 36.1 Å². The van der Waals surface area contributed by atoms with Crippen LogP contribution in [0.2, 0.25) is 0 Å². The zero-order valence-corrected chi connectivity index (χ0v) is 15.7. The molecule has 2 aliphatic heterocycles. The number of nitrogens with zero attached hydrogens (tertiary/aromatic N) is 3. The highest BCUT2D eigenvalue weighted by atomic mass is 32.2. The zero-order valence-electron chi connectivity index (χ0n) is 14.9. The summed E-state index contributed by atoms with van der Waals surface area (Å²) in [5, 5.41) is 6.70. The van der Waals surface area contributed by atoms with Crippen molar-refractivity contribution in [1.82, 2.24) is 19.4 Å². The average Bonchev–Trinajstić information content (AvgIpc) is 3.24. The Balaban J connectivity index is 1.83. The molecule has 0 aliphatic carbocycles. The van der Waals surface area contributed by atoms with Crippen molar-refractivity contribution in [3.8, 4) is 0 Å². The molecule has 1 N–H and O–H groups in total. The molecule has 0 saturated carbocycles. The normalized spacial score (nSPS) is 25.9. The van der Waals surface area contributed by atoms with E-state index in [0.717, 1.165) is 0 Å². The molecular weight excluding hydrogens is 364 g/mol. The van der Waals surface area contributed by atoms with Gasteiger partial charge in [0.2, 0.25) is 5.91 Å². The summed E-state index contributed by atoms with van der Waals surface area (Å²) in [6.07, 6.45) is 0. The number of aryl methyl sites for hydroxylation is 2. The van der Waals surface area contributed by atoms with Gasteiger partial charge >= 0.3 is 5.97 Å². The predicted octanol–water partition coefficient (Wildman–Crippen LogP) is -1.35. The molecule has 2 atom stereocenters. The molecule has 11 heteroatoms. The Hall–Kier alpha value is -1.98. The van der Waals surface area contributed by atoms with E-state index in [1.165, 1.54) is 22.2 Å². The van der Waals surface area contributed by atoms with E-state index in [4.69, 9.17) is 4.74 Å². The van der Waals surface area contributed by atoms with Crippen molar-refractivity contribution >= 4 is 21.9 Å². The Morgan fingerprint density at radius 2 is 2.23 bits per heavy atom. The van der Waals surface area contributed by atoms with Crippen LogP contribution in [0.3, 0.4) is 0 Å². The van der Waals surface area contributed by atoms with E-state index < -0.39 is 27.3 Å². The lowest BCUT2D eigenvalue weighted by atomic mass is 9.80. The molecule has 2 aliphatic rings. The maximum absolute atomic E-state index is 13.0. The van der Waals surface area contributed by atoms with Gasteiger partial charge in [0.15, 0.2) is 5.03 Å². The van der Waals surface area contributed by atoms with Gasteiger partial charge in [-0.3, -0.25) is 14.3 Å². The van der Waals surface area contributed by atoms with Gasteiger partial charge in [-0.05, 0) is 13.0 Å². The average molecular weight is 386 g/mol. The minimum absolute atomic E-state index is 0.00274. The standard InChI is InChI=1S/C15H22N4O6S/c1-10-4-12(18(2)17-10)26(22,23)19-6-11-7-25-9-15(11,8-19)14(21)16-5-13(20)24-3/h4,11H,5-9H2,1-3H3,(H,16,21)/t11-,15-/m0/s1. The summed E-state index contributed by atoms with van der Waals surface area (Å²) in [4.78, 5) is 24.0. The van der Waals surface area contributed by atoms with Crippen molar-refractivity contribution in [3.05, 3.63) is 11.8 Å². The smallest absolute Gasteiger partial charge is 0.325 e. The molecule has 0 aromatic carbocycles. The van der Waals surface area contributed by atoms with E-state index in [1.807, 2.05) is 0 Å². The molecule has 1 amide bonds. The number of rotatable bonds is 5. The third-order valence-corrected chi connectivity index (χ3v) is 6.85. The zero-order chi connectivity index (χ0) is 19.1. The fourth-order valence-electron chi connectivity index (χ4n) is 3.55. The predicted molar refractivity (Wildman–Crippen MR) is 88.5 cm³/mol. The van der Waals surface area contributed by atoms with Crippen LogP contribution in [0.1, 0.15) is 5.69 Å². The molecule has 26 heavy (non-hydrogen) atoms. The van der Waals surface area contributed by atoms with Crippen molar-refractivity contribution in [2.75, 3.05) is 40.0 Å². The SMILES string of the molecule is COC(=O)CNC(=O)[C@@]12COC[C@@H]1CN(S(=O)(=O)c1cc(C)nn1C)C2. The molecule has 0 spiro atoms. The Morgan fingerprint density at radius 3 is 2.85 bits per heavy atom. The first-order valence-corrected chi connectivity index (χ1v) is 9.58. The van der Waals surface area contributed by atoms with Gasteiger partial charge in [0, 0.05) is 26.1 Å². The highest BCUT2D eigenvalue weighted by Gasteiger charge is 2.58. The Bertz CT molecular complexity index is 835. The lowest BCUT2D eigenvalue weighted by Crippen LogP contribution is -2.48. The molecule has 2 fully saturated rings. The van der Waals surface area contributed by atoms with Crippen LogP contribution >= 0.6 is 0 Å². The number of hydrogen-bond acceptors (Lipinski definition) is 7. The van der Waals surface area contributed by atoms with Gasteiger partial charge in [-0.2, -0.15) is 9.40 Å². The van der Waals surface area contributed by atoms with Crippen LogP contribution in [0.4, 0.5) is 0 Å². The van der Waals surface area contributed by atoms with Gasteiger partial charge in [0.25, 0.3) is 10.0 Å². The van der Waals surface area contributed by atoms with E-state index >= 15 is 0 Å². The second-order valence-electron chi connectivity index (χ2n) is 6.67. The third-order valence-electron chi connectivity index (χ3n) is 4.98. The second kappa shape index (κ2) is 6.63. The minimum atomic E-state index is -3.79. The summed E-state index contributed by atoms with van der Waals surface area (Å²) in [6.45, 7) is 2.03. The number of sulfonamides is 1. The summed E-state index contributed by atoms with van der Waals surface area (Å²) in [5.41, 5.74) is -0.409. The van der Waals surface area contributed by atoms with Gasteiger partial charge in [-0.15, -0.1) is 0 Å². The number of esters is 1. The maximum atomic E-state index is 13.0. The third kappa shape index (κ3) is 2.99. The number of carbonyl (C=O) groups is 2. The summed E-state index contributed by atoms with van der Waals surface area (Å²) >= 11 is 0. The maximum Gasteiger partial charge on any atom is 0.325 e. The Kier molecular flexibility index (Phi) is 4.80. The van der Waals surface area contributed by atoms with Gasteiger partial charge in [-0.1, -0.05) is 0 Å². The van der Waals surface area contributed by atoms with Crippen molar-refractivity contribution in [3.63, 3.8) is 0 Å². The number of carbonyl (C=O) groups excluding carboxylic acids is 2. The molecule has 2 saturated heterocycles. The van der Waals surface area contributed by atoms with Crippen LogP contribution in [0.15, 0.2) is 11.1 Å². The first-order chi connectivity index (χ1) is 12.2. The van der Waals surface area contributed by atoms with E-state index in [-0.39, 0.29) is 37.2 Å². The lowest BCUT2D eigenvalue weighted by molar-refractivity contribution is -0.142. The van der Waals surface area contributed by atoms with Crippen LogP contribution in [0, 0.1) is 18.3 Å². The van der Waals surface area contributed by atoms with Crippen molar-refractivity contribution in [2.24, 2.45) is 18.4 Å². The monoisotopic (exact) mass is 386 g/mol. The van der Waals surface area contributed by atoms with Gasteiger partial charge in [-0.25, -0.2) is 8.42 Å². The van der Waals surface area contributed by atoms with Crippen molar-refractivity contribution < 1.29 is 27.5 Å². The Morgan fingerprint density at radius 1 is 1.50 bits per heavy atom. The molecule has 0 unspecified atom stereocenters. The van der Waals surface area contributed by atoms with E-state index in [9.17, 15) is 18.0 Å². The highest BCUT2D eigenvalue weighted by molar-refractivity contribution is 7.89. The first-order valence-electron chi connectivity index (χ1n) is 8.14. The number of methoxy groups -OCH3 is 1. The minimum Gasteiger partial charge on any atom is -0.468 e. The fraction of sp³-hybridized carbons (Fsp3) is 0.667. The van der Waals surface area contributed by atoms with Gasteiger partial charge in [0.1, 0.15) is 6.54 Å². The largest absolute Gasteiger partial charge is 0.468 e. The molecule has 10 nitrogen and oxygen atoms in total. The number of nitrogens with one attached hydrogen (secondary N) is 1. The second-order valence-corrected chi connectivity index (χ2v) is 8.56. The highest BCUT2D eigenvalue weighted by Crippen LogP contribution is 2.43. The summed E-state index contributed by atoms with van der Waals surface area (Å²) in [6, 6.07) is 1.50. The summed E-state index contributed by atoms with van der Waals surface area (Å²) in [7, 11) is -0.993. The van der Waals surface area contributed by atoms with Crippen LogP contribution in [0.25, 0.3) is 0 Å². The number of aromatic nitrogens is 2. The van der Waals surface area contributed by atoms with Crippen molar-refractivity contribution in [1.29, 1.82) is 0 Å². The lowest BCUT2D eigenvalue weighted by Gasteiger charge is -2.25. The number of fused-ring (bicyclic) bond motifs is 1. The van der Waals surface area contributed by atoms with Gasteiger partial charge in [0.05, 0.1) is 31.4 Å². The van der Waals surface area contributed by atoms with E-state index in [0.29, 0.717) is 12.3 Å². The number of amides is 1. The van der Waals surface area contributed by atoms with Crippen LogP contribution in [0.5, 0.6) is 0 Å². The summed E-state index contributed by atoms with van der Waals surface area (Å²) in [5.74, 6) is -1.24. The molecule has 0 radical (unpaired) electrons. The molecular formula is C15H22N4O6S. The number of hydrogen-bond donors (Lipinski definition) is 1. The molecule has 3 heterocycles. The topological polar surface area (TPSA) is 120 Å². The van der Waals surface area contributed by atoms with Crippen molar-refractivity contribution in [2.45, 2.75) is 11.9 Å². The summed E-state index contributed by atoms with van der Waals surface area (Å²) < 4.78 is 38.6. The quantitative estimate of drug-likeness (QED) is 0.622. The Labute approximate surface area is 151 Å². The molecule has 3 rings (SSSR count). The molecule has 144 valence electrons. The molecule has 1 aromatic heterocycles. The van der Waals surface area contributed by atoms with Crippen LogP contribution < -0.4 is 5.32 Å².